The zero-order valence-corrected chi connectivity index (χ0v) is 14.8. The van der Waals surface area contributed by atoms with Crippen LogP contribution in [-0.2, 0) is 11.3 Å². The second-order valence-electron chi connectivity index (χ2n) is 7.61. The van der Waals surface area contributed by atoms with Crippen LogP contribution in [0.2, 0.25) is 0 Å². The van der Waals surface area contributed by atoms with Crippen molar-refractivity contribution in [3.05, 3.63) is 48.0 Å². The molecule has 2 aliphatic heterocycles. The van der Waals surface area contributed by atoms with E-state index in [1.54, 1.807) is 12.3 Å². The van der Waals surface area contributed by atoms with Gasteiger partial charge in [0.25, 0.3) is 0 Å². The van der Waals surface area contributed by atoms with Crippen LogP contribution in [0.15, 0.2) is 36.5 Å². The van der Waals surface area contributed by atoms with Gasteiger partial charge in [0.05, 0.1) is 6.61 Å². The SMILES string of the molecule is Fc1ccc(-c2ccc3c(c2)COC2(CCN(C4CCC4)CC2)O3)cn1. The van der Waals surface area contributed by atoms with Gasteiger partial charge in [0.1, 0.15) is 5.75 Å². The minimum Gasteiger partial charge on any atom is -0.462 e. The first-order valence-electron chi connectivity index (χ1n) is 9.53. The van der Waals surface area contributed by atoms with Crippen molar-refractivity contribution in [1.29, 1.82) is 0 Å². The molecule has 0 amide bonds. The number of halogens is 1. The number of hydrogen-bond acceptors (Lipinski definition) is 4. The van der Waals surface area contributed by atoms with Crippen LogP contribution in [0.25, 0.3) is 11.1 Å². The van der Waals surface area contributed by atoms with Crippen molar-refractivity contribution in [2.45, 2.75) is 50.5 Å². The van der Waals surface area contributed by atoms with Gasteiger partial charge in [-0.15, -0.1) is 0 Å². The number of rotatable bonds is 2. The van der Waals surface area contributed by atoms with Crippen LogP contribution in [-0.4, -0.2) is 34.8 Å². The number of aromatic nitrogens is 1. The molecule has 2 fully saturated rings. The maximum absolute atomic E-state index is 13.0. The second-order valence-corrected chi connectivity index (χ2v) is 7.61. The van der Waals surface area contributed by atoms with Gasteiger partial charge in [-0.2, -0.15) is 4.39 Å². The van der Waals surface area contributed by atoms with E-state index in [9.17, 15) is 4.39 Å². The summed E-state index contributed by atoms with van der Waals surface area (Å²) in [6.45, 7) is 2.67. The van der Waals surface area contributed by atoms with Crippen LogP contribution in [0.4, 0.5) is 4.39 Å². The van der Waals surface area contributed by atoms with E-state index >= 15 is 0 Å². The minimum atomic E-state index is -0.466. The van der Waals surface area contributed by atoms with Gasteiger partial charge in [0.15, 0.2) is 0 Å². The molecule has 4 nitrogen and oxygen atoms in total. The predicted molar refractivity (Wildman–Crippen MR) is 96.2 cm³/mol. The average Bonchev–Trinajstić information content (AvgIpc) is 2.63. The first kappa shape index (κ1) is 16.2. The highest BCUT2D eigenvalue weighted by Gasteiger charge is 2.42. The summed E-state index contributed by atoms with van der Waals surface area (Å²) in [6.07, 6.45) is 7.47. The van der Waals surface area contributed by atoms with Crippen molar-refractivity contribution in [3.8, 4) is 16.9 Å². The number of benzene rings is 1. The fourth-order valence-electron chi connectivity index (χ4n) is 4.19. The molecule has 1 aromatic carbocycles. The molecule has 1 saturated heterocycles. The Labute approximate surface area is 152 Å². The van der Waals surface area contributed by atoms with Gasteiger partial charge in [0.2, 0.25) is 11.7 Å². The maximum atomic E-state index is 13.0. The van der Waals surface area contributed by atoms with Crippen molar-refractivity contribution in [2.75, 3.05) is 13.1 Å². The van der Waals surface area contributed by atoms with Crippen LogP contribution in [0.3, 0.4) is 0 Å². The van der Waals surface area contributed by atoms with Gasteiger partial charge in [-0.05, 0) is 42.7 Å². The first-order valence-corrected chi connectivity index (χ1v) is 9.53. The molecule has 1 aliphatic carbocycles. The smallest absolute Gasteiger partial charge is 0.213 e. The quantitative estimate of drug-likeness (QED) is 0.759. The van der Waals surface area contributed by atoms with E-state index < -0.39 is 11.7 Å². The zero-order chi connectivity index (χ0) is 17.6. The summed E-state index contributed by atoms with van der Waals surface area (Å²) in [4.78, 5) is 6.33. The average molecular weight is 354 g/mol. The Hall–Kier alpha value is -1.98. The highest BCUT2D eigenvalue weighted by molar-refractivity contribution is 5.64. The zero-order valence-electron chi connectivity index (χ0n) is 14.8. The Morgan fingerprint density at radius 1 is 1.08 bits per heavy atom. The van der Waals surface area contributed by atoms with E-state index in [1.165, 1.54) is 25.3 Å². The van der Waals surface area contributed by atoms with E-state index in [0.29, 0.717) is 6.61 Å². The topological polar surface area (TPSA) is 34.6 Å². The normalized spacial score (nSPS) is 22.5. The summed E-state index contributed by atoms with van der Waals surface area (Å²) < 4.78 is 25.6. The number of likely N-dealkylation sites (tertiary alicyclic amines) is 1. The molecule has 136 valence electrons. The Morgan fingerprint density at radius 2 is 1.88 bits per heavy atom. The molecule has 26 heavy (non-hydrogen) atoms. The Bertz CT molecular complexity index is 796. The molecular formula is C21H23FN2O2. The Balaban J connectivity index is 1.31. The standard InChI is InChI=1S/C21H23FN2O2/c22-20-7-5-16(13-23-20)15-4-6-19-17(12-15)14-25-21(26-19)8-10-24(11-9-21)18-2-1-3-18/h4-7,12-13,18H,1-3,8-11,14H2. The first-order chi connectivity index (χ1) is 12.7. The molecule has 0 unspecified atom stereocenters. The number of hydrogen-bond donors (Lipinski definition) is 0. The van der Waals surface area contributed by atoms with Crippen LogP contribution in [0, 0.1) is 5.95 Å². The van der Waals surface area contributed by atoms with Crippen LogP contribution in [0.1, 0.15) is 37.7 Å². The summed E-state index contributed by atoms with van der Waals surface area (Å²) in [5.41, 5.74) is 2.93. The molecule has 0 atom stereocenters. The van der Waals surface area contributed by atoms with Gasteiger partial charge in [-0.25, -0.2) is 4.98 Å². The summed E-state index contributed by atoms with van der Waals surface area (Å²) in [7, 11) is 0. The third-order valence-corrected chi connectivity index (χ3v) is 6.06. The van der Waals surface area contributed by atoms with Crippen LogP contribution >= 0.6 is 0 Å². The van der Waals surface area contributed by atoms with Crippen LogP contribution in [0.5, 0.6) is 5.75 Å². The van der Waals surface area contributed by atoms with Crippen molar-refractivity contribution < 1.29 is 13.9 Å². The largest absolute Gasteiger partial charge is 0.462 e. The Kier molecular flexibility index (Phi) is 3.94. The number of fused-ring (bicyclic) bond motifs is 1. The fourth-order valence-corrected chi connectivity index (χ4v) is 4.19. The second kappa shape index (κ2) is 6.32. The van der Waals surface area contributed by atoms with E-state index in [0.717, 1.165) is 54.4 Å². The molecule has 1 spiro atoms. The van der Waals surface area contributed by atoms with Gasteiger partial charge < -0.3 is 9.47 Å². The van der Waals surface area contributed by atoms with Gasteiger partial charge >= 0.3 is 0 Å². The summed E-state index contributed by atoms with van der Waals surface area (Å²) in [5.74, 6) is -0.0210. The van der Waals surface area contributed by atoms with E-state index in [2.05, 4.69) is 16.0 Å². The molecular weight excluding hydrogens is 331 g/mol. The summed E-state index contributed by atoms with van der Waals surface area (Å²) in [5, 5.41) is 0. The molecule has 2 aromatic rings. The number of ether oxygens (including phenoxy) is 2. The molecule has 0 radical (unpaired) electrons. The predicted octanol–water partition coefficient (Wildman–Crippen LogP) is 4.14. The summed E-state index contributed by atoms with van der Waals surface area (Å²) in [6, 6.07) is 9.99. The van der Waals surface area contributed by atoms with Crippen molar-refractivity contribution in [3.63, 3.8) is 0 Å². The molecule has 0 bridgehead atoms. The lowest BCUT2D eigenvalue weighted by molar-refractivity contribution is -0.231. The maximum Gasteiger partial charge on any atom is 0.213 e. The molecule has 3 heterocycles. The van der Waals surface area contributed by atoms with Crippen molar-refractivity contribution >= 4 is 0 Å². The van der Waals surface area contributed by atoms with E-state index in [-0.39, 0.29) is 0 Å². The highest BCUT2D eigenvalue weighted by Crippen LogP contribution is 2.40. The minimum absolute atomic E-state index is 0.464. The van der Waals surface area contributed by atoms with E-state index in [4.69, 9.17) is 9.47 Å². The molecule has 5 heteroatoms. The lowest BCUT2D eigenvalue weighted by Gasteiger charge is -2.47. The van der Waals surface area contributed by atoms with Gasteiger partial charge in [-0.1, -0.05) is 12.5 Å². The Morgan fingerprint density at radius 3 is 2.58 bits per heavy atom. The van der Waals surface area contributed by atoms with Crippen LogP contribution < -0.4 is 4.74 Å². The highest BCUT2D eigenvalue weighted by atomic mass is 19.1. The monoisotopic (exact) mass is 354 g/mol. The fraction of sp³-hybridized carbons (Fsp3) is 0.476. The summed E-state index contributed by atoms with van der Waals surface area (Å²) >= 11 is 0. The number of piperidine rings is 1. The lowest BCUT2D eigenvalue weighted by Crippen LogP contribution is -2.54. The molecule has 1 aromatic heterocycles. The lowest BCUT2D eigenvalue weighted by atomic mass is 9.89. The number of nitrogens with zero attached hydrogens (tertiary/aromatic N) is 2. The third kappa shape index (κ3) is 2.89. The van der Waals surface area contributed by atoms with Crippen molar-refractivity contribution in [1.82, 2.24) is 9.88 Å². The van der Waals surface area contributed by atoms with Crippen molar-refractivity contribution in [2.24, 2.45) is 0 Å². The molecule has 5 rings (SSSR count). The third-order valence-electron chi connectivity index (χ3n) is 6.06. The number of pyridine rings is 1. The molecule has 1 saturated carbocycles. The van der Waals surface area contributed by atoms with Gasteiger partial charge in [0, 0.05) is 49.3 Å². The molecule has 3 aliphatic rings. The molecule has 0 N–H and O–H groups in total. The van der Waals surface area contributed by atoms with Gasteiger partial charge in [-0.3, -0.25) is 4.90 Å². The van der Waals surface area contributed by atoms with E-state index in [1.807, 2.05) is 12.1 Å².